The summed E-state index contributed by atoms with van der Waals surface area (Å²) in [6, 6.07) is 11.1. The summed E-state index contributed by atoms with van der Waals surface area (Å²) in [6.07, 6.45) is 2.38. The van der Waals surface area contributed by atoms with Gasteiger partial charge in [-0.1, -0.05) is 35.9 Å². The second-order valence-electron chi connectivity index (χ2n) is 8.42. The Morgan fingerprint density at radius 1 is 1.06 bits per heavy atom. The minimum Gasteiger partial charge on any atom is -0.352 e. The molecule has 0 bridgehead atoms. The number of benzene rings is 2. The second kappa shape index (κ2) is 10.3. The standard InChI is InChI=1S/C22H25ClFNO7S2/c1-33(27,28)31-10-9-22(14-32-34(2,29)30)13-18(25-21(22)26)11-15-3-5-16(6-4-15)19-12-17(23)7-8-20(19)24/h3-8,12,18H,9-11,13-14H2,1-2H3,(H,25,26)/t18-,22?/m1/s1. The first kappa shape index (κ1) is 26.6. The maximum atomic E-state index is 14.1. The van der Waals surface area contributed by atoms with Crippen LogP contribution in [0.3, 0.4) is 0 Å². The molecule has 0 saturated carbocycles. The van der Waals surface area contributed by atoms with Gasteiger partial charge in [-0.25, -0.2) is 4.39 Å². The third-order valence-corrected chi connectivity index (χ3v) is 6.93. The molecular formula is C22H25ClFNO7S2. The summed E-state index contributed by atoms with van der Waals surface area (Å²) in [5, 5.41) is 3.26. The molecule has 3 rings (SSSR count). The number of hydrogen-bond acceptors (Lipinski definition) is 7. The lowest BCUT2D eigenvalue weighted by atomic mass is 9.81. The van der Waals surface area contributed by atoms with Crippen molar-refractivity contribution in [1.82, 2.24) is 5.32 Å². The van der Waals surface area contributed by atoms with Gasteiger partial charge in [0.15, 0.2) is 0 Å². The Bertz CT molecular complexity index is 1270. The predicted octanol–water partition coefficient (Wildman–Crippen LogP) is 2.91. The molecule has 1 N–H and O–H groups in total. The van der Waals surface area contributed by atoms with Gasteiger partial charge in [0.05, 0.1) is 31.1 Å². The van der Waals surface area contributed by atoms with Gasteiger partial charge in [-0.2, -0.15) is 16.8 Å². The zero-order valence-electron chi connectivity index (χ0n) is 18.6. The van der Waals surface area contributed by atoms with Gasteiger partial charge in [-0.3, -0.25) is 13.2 Å². The first-order valence-electron chi connectivity index (χ1n) is 10.3. The van der Waals surface area contributed by atoms with Crippen molar-refractivity contribution in [2.75, 3.05) is 25.7 Å². The average molecular weight is 534 g/mol. The van der Waals surface area contributed by atoms with Crippen LogP contribution in [0.15, 0.2) is 42.5 Å². The monoisotopic (exact) mass is 533 g/mol. The highest BCUT2D eigenvalue weighted by atomic mass is 35.5. The average Bonchev–Trinajstić information content (AvgIpc) is 3.03. The van der Waals surface area contributed by atoms with Crippen molar-refractivity contribution in [1.29, 1.82) is 0 Å². The highest BCUT2D eigenvalue weighted by Crippen LogP contribution is 2.36. The lowest BCUT2D eigenvalue weighted by molar-refractivity contribution is -0.129. The zero-order chi connectivity index (χ0) is 25.1. The van der Waals surface area contributed by atoms with Crippen molar-refractivity contribution in [3.05, 3.63) is 58.9 Å². The molecule has 1 saturated heterocycles. The lowest BCUT2D eigenvalue weighted by Crippen LogP contribution is -2.38. The molecule has 1 unspecified atom stereocenters. The quantitative estimate of drug-likeness (QED) is 0.467. The van der Waals surface area contributed by atoms with Crippen LogP contribution in [0.5, 0.6) is 0 Å². The van der Waals surface area contributed by atoms with Crippen LogP contribution in [-0.4, -0.2) is 54.5 Å². The highest BCUT2D eigenvalue weighted by Gasteiger charge is 2.47. The van der Waals surface area contributed by atoms with Gasteiger partial charge in [0.25, 0.3) is 20.2 Å². The zero-order valence-corrected chi connectivity index (χ0v) is 21.0. The second-order valence-corrected chi connectivity index (χ2v) is 12.1. The van der Waals surface area contributed by atoms with Crippen molar-refractivity contribution < 1.29 is 34.4 Å². The summed E-state index contributed by atoms with van der Waals surface area (Å²) >= 11 is 5.97. The number of carbonyl (C=O) groups excluding carboxylic acids is 1. The molecule has 186 valence electrons. The van der Waals surface area contributed by atoms with Crippen LogP contribution in [-0.2, 0) is 39.8 Å². The fraction of sp³-hybridized carbons (Fsp3) is 0.409. The van der Waals surface area contributed by atoms with E-state index in [0.717, 1.165) is 18.1 Å². The SMILES string of the molecule is CS(=O)(=O)OCCC1(COS(C)(=O)=O)C[C@@H](Cc2ccc(-c3cc(Cl)ccc3F)cc2)NC1=O. The summed E-state index contributed by atoms with van der Waals surface area (Å²) < 4.78 is 69.5. The minimum absolute atomic E-state index is 0.0368. The van der Waals surface area contributed by atoms with Crippen LogP contribution in [0.25, 0.3) is 11.1 Å². The van der Waals surface area contributed by atoms with E-state index in [1.165, 1.54) is 18.2 Å². The first-order chi connectivity index (χ1) is 15.8. The van der Waals surface area contributed by atoms with Crippen LogP contribution in [0.2, 0.25) is 5.02 Å². The van der Waals surface area contributed by atoms with E-state index in [1.807, 2.05) is 12.1 Å². The van der Waals surface area contributed by atoms with Gasteiger partial charge >= 0.3 is 0 Å². The maximum Gasteiger partial charge on any atom is 0.264 e. The Kier molecular flexibility index (Phi) is 8.03. The summed E-state index contributed by atoms with van der Waals surface area (Å²) in [4.78, 5) is 12.8. The molecule has 0 aromatic heterocycles. The third-order valence-electron chi connectivity index (χ3n) is 5.56. The molecule has 1 aliphatic heterocycles. The molecule has 12 heteroatoms. The van der Waals surface area contributed by atoms with Crippen LogP contribution in [0, 0.1) is 11.2 Å². The van der Waals surface area contributed by atoms with E-state index >= 15 is 0 Å². The largest absolute Gasteiger partial charge is 0.352 e. The summed E-state index contributed by atoms with van der Waals surface area (Å²) in [5.74, 6) is -0.831. The number of hydrogen-bond donors (Lipinski definition) is 1. The molecule has 1 aliphatic rings. The van der Waals surface area contributed by atoms with Crippen molar-refractivity contribution in [3.63, 3.8) is 0 Å². The molecular weight excluding hydrogens is 509 g/mol. The Morgan fingerprint density at radius 2 is 1.71 bits per heavy atom. The van der Waals surface area contributed by atoms with Crippen LogP contribution in [0.4, 0.5) is 4.39 Å². The number of halogens is 2. The van der Waals surface area contributed by atoms with E-state index in [2.05, 4.69) is 5.32 Å². The number of nitrogens with one attached hydrogen (secondary N) is 1. The molecule has 0 radical (unpaired) electrons. The molecule has 0 aliphatic carbocycles. The Hall–Kier alpha value is -2.05. The Morgan fingerprint density at radius 3 is 2.32 bits per heavy atom. The molecule has 2 atom stereocenters. The van der Waals surface area contributed by atoms with Gasteiger partial charge in [-0.05, 0) is 48.6 Å². The van der Waals surface area contributed by atoms with Crippen molar-refractivity contribution >= 4 is 37.7 Å². The van der Waals surface area contributed by atoms with Crippen molar-refractivity contribution in [3.8, 4) is 11.1 Å². The molecule has 8 nitrogen and oxygen atoms in total. The number of amides is 1. The van der Waals surface area contributed by atoms with Gasteiger partial charge in [0.2, 0.25) is 5.91 Å². The van der Waals surface area contributed by atoms with Gasteiger partial charge < -0.3 is 5.32 Å². The summed E-state index contributed by atoms with van der Waals surface area (Å²) in [6.45, 7) is -0.708. The van der Waals surface area contributed by atoms with Gasteiger partial charge in [0, 0.05) is 16.6 Å². The fourth-order valence-electron chi connectivity index (χ4n) is 3.92. The topological polar surface area (TPSA) is 116 Å². The normalized spacial score (nSPS) is 20.9. The molecule has 2 aromatic carbocycles. The summed E-state index contributed by atoms with van der Waals surface area (Å²) in [7, 11) is -7.54. The van der Waals surface area contributed by atoms with E-state index in [-0.39, 0.29) is 25.5 Å². The Balaban J connectivity index is 1.73. The molecule has 2 aromatic rings. The molecule has 1 heterocycles. The van der Waals surface area contributed by atoms with Crippen LogP contribution < -0.4 is 5.32 Å². The predicted molar refractivity (Wildman–Crippen MR) is 126 cm³/mol. The molecule has 1 fully saturated rings. The van der Waals surface area contributed by atoms with E-state index < -0.39 is 44.0 Å². The van der Waals surface area contributed by atoms with E-state index in [4.69, 9.17) is 20.0 Å². The van der Waals surface area contributed by atoms with Gasteiger partial charge in [0.1, 0.15) is 5.82 Å². The van der Waals surface area contributed by atoms with Crippen molar-refractivity contribution in [2.45, 2.75) is 25.3 Å². The molecule has 1 amide bonds. The van der Waals surface area contributed by atoms with E-state index in [0.29, 0.717) is 22.6 Å². The highest BCUT2D eigenvalue weighted by molar-refractivity contribution is 7.86. The Labute approximate surface area is 203 Å². The first-order valence-corrected chi connectivity index (χ1v) is 14.3. The minimum atomic E-state index is -3.82. The van der Waals surface area contributed by atoms with Crippen LogP contribution in [0.1, 0.15) is 18.4 Å². The van der Waals surface area contributed by atoms with Gasteiger partial charge in [-0.15, -0.1) is 0 Å². The van der Waals surface area contributed by atoms with E-state index in [1.54, 1.807) is 12.1 Å². The van der Waals surface area contributed by atoms with Crippen molar-refractivity contribution in [2.24, 2.45) is 5.41 Å². The lowest BCUT2D eigenvalue weighted by Gasteiger charge is -2.25. The number of carbonyl (C=O) groups is 1. The smallest absolute Gasteiger partial charge is 0.264 e. The molecule has 0 spiro atoms. The number of rotatable bonds is 10. The maximum absolute atomic E-state index is 14.1. The fourth-order valence-corrected chi connectivity index (χ4v) is 4.92. The molecule has 34 heavy (non-hydrogen) atoms. The summed E-state index contributed by atoms with van der Waals surface area (Å²) in [5.41, 5.74) is 0.621. The van der Waals surface area contributed by atoms with Crippen LogP contribution >= 0.6 is 11.6 Å². The van der Waals surface area contributed by atoms with E-state index in [9.17, 15) is 26.0 Å². The third kappa shape index (κ3) is 7.22.